The molecule has 0 saturated heterocycles. The average molecular weight is 1860 g/mol. The van der Waals surface area contributed by atoms with Crippen molar-refractivity contribution in [2.24, 2.45) is 0 Å². The summed E-state index contributed by atoms with van der Waals surface area (Å²) < 4.78 is 0. The van der Waals surface area contributed by atoms with Crippen LogP contribution in [0, 0.1) is 0 Å². The maximum atomic E-state index is 2.52. The predicted molar refractivity (Wildman–Crippen MR) is 618 cm³/mol. The Balaban J connectivity index is 0.000000111. The highest BCUT2D eigenvalue weighted by Crippen LogP contribution is 2.60. The number of hydrogen-bond acceptors (Lipinski definition) is 3. The van der Waals surface area contributed by atoms with Crippen LogP contribution in [0.25, 0.3) is 164 Å². The Morgan fingerprint density at radius 1 is 0.117 bits per heavy atom. The molecule has 0 spiro atoms. The van der Waals surface area contributed by atoms with Crippen LogP contribution in [0.15, 0.2) is 504 Å². The second-order valence-corrected chi connectivity index (χ2v) is 42.0. The van der Waals surface area contributed by atoms with Crippen LogP contribution in [0.4, 0.5) is 51.2 Å². The summed E-state index contributed by atoms with van der Waals surface area (Å²) in [5.74, 6) is 0. The van der Waals surface area contributed by atoms with E-state index in [9.17, 15) is 0 Å². The molecule has 0 N–H and O–H groups in total. The Morgan fingerprint density at radius 2 is 0.310 bits per heavy atom. The molecule has 3 heteroatoms. The molecule has 28 rings (SSSR count). The standard InChI is InChI=1S/C50H39N.C47H35N.C45H33N/c1-49(2)43-16-10-9-15-41(43)42-24-23-40(31-44(42)49)51-47-25-21-38(36-19-17-32-11-5-7-13-34(32)27-36)29-45(47)50(3,4)46-30-39(22-26-48(46)51)37-20-18-33-12-6-8-14-35(33)28-37;1-47(2)43-30-40(38-18-16-33-12-6-8-14-36(33)28-38)22-26-45(43)48(42-24-20-35(21-25-42)32-10-4-3-5-11-32)46-27-23-41(31-44(46)47)39-19-17-34-13-7-9-15-37(34)29-39;1-45(2)41-28-38(36-17-15-30-9-3-6-12-33(30)25-36)20-23-43(41)46(40-22-19-32-11-5-8-14-35(32)27-40)44-24-21-39(29-42(44)45)37-18-16-31-10-4-7-13-34(31)26-37/h5-31H,1-4H3;3-31H,1-2H3;3-29H,1-2H3. The molecule has 0 fully saturated rings. The minimum absolute atomic E-state index is 0.0808. The lowest BCUT2D eigenvalue weighted by atomic mass is 9.72. The number of rotatable bonds is 10. The van der Waals surface area contributed by atoms with Gasteiger partial charge in [-0.05, 0) is 355 Å². The van der Waals surface area contributed by atoms with Gasteiger partial charge in [0.1, 0.15) is 0 Å². The lowest BCUT2D eigenvalue weighted by Gasteiger charge is -2.43. The average Bonchev–Trinajstić information content (AvgIpc) is 1.44. The molecule has 1 aliphatic carbocycles. The highest BCUT2D eigenvalue weighted by atomic mass is 15.2. The molecule has 24 aromatic rings. The molecule has 0 unspecified atom stereocenters. The summed E-state index contributed by atoms with van der Waals surface area (Å²) in [7, 11) is 0. The number of nitrogens with zero attached hydrogens (tertiary/aromatic N) is 3. The monoisotopic (exact) mass is 1850 g/mol. The van der Waals surface area contributed by atoms with Gasteiger partial charge in [-0.25, -0.2) is 0 Å². The van der Waals surface area contributed by atoms with Gasteiger partial charge in [0.15, 0.2) is 0 Å². The van der Waals surface area contributed by atoms with E-state index in [0.29, 0.717) is 0 Å². The number of benzene rings is 24. The van der Waals surface area contributed by atoms with Gasteiger partial charge in [-0.2, -0.15) is 0 Å². The zero-order valence-electron chi connectivity index (χ0n) is 82.8. The van der Waals surface area contributed by atoms with Gasteiger partial charge in [0.2, 0.25) is 0 Å². The SMILES string of the molecule is CC1(C)c2cc(-c3ccc4ccccc4c3)ccc2N(c2ccc(-c3ccccc3)cc2)c2ccc(-c3ccc4ccccc4c3)cc21.CC1(C)c2cc(-c3ccc4ccccc4c3)ccc2N(c2ccc3ccccc3c2)c2ccc(-c3ccc4ccccc4c3)cc21.CC1(C)c2ccccc2-c2ccc(N3c4ccc(-c5ccc6ccccc6c5)cc4C(C)(C)c4cc(-c5ccc6ccccc6c5)ccc43)cc21. The van der Waals surface area contributed by atoms with Crippen molar-refractivity contribution in [1.29, 1.82) is 0 Å². The molecule has 690 valence electrons. The highest BCUT2D eigenvalue weighted by molar-refractivity contribution is 6.01. The van der Waals surface area contributed by atoms with Gasteiger partial charge in [0, 0.05) is 38.7 Å². The third-order valence-corrected chi connectivity index (χ3v) is 32.0. The second kappa shape index (κ2) is 34.7. The Bertz CT molecular complexity index is 8950. The Morgan fingerprint density at radius 3 is 0.614 bits per heavy atom. The van der Waals surface area contributed by atoms with Gasteiger partial charge in [-0.1, -0.05) is 413 Å². The highest BCUT2D eigenvalue weighted by Gasteiger charge is 2.43. The van der Waals surface area contributed by atoms with Crippen molar-refractivity contribution in [1.82, 2.24) is 0 Å². The summed E-state index contributed by atoms with van der Waals surface area (Å²) in [6.07, 6.45) is 0. The smallest absolute Gasteiger partial charge is 0.0503 e. The molecule has 0 radical (unpaired) electrons. The van der Waals surface area contributed by atoms with E-state index in [0.717, 1.165) is 5.69 Å². The third kappa shape index (κ3) is 15.3. The van der Waals surface area contributed by atoms with Crippen LogP contribution in [0.2, 0.25) is 0 Å². The van der Waals surface area contributed by atoms with Crippen LogP contribution < -0.4 is 14.7 Å². The van der Waals surface area contributed by atoms with Gasteiger partial charge in [-0.15, -0.1) is 0 Å². The van der Waals surface area contributed by atoms with E-state index >= 15 is 0 Å². The van der Waals surface area contributed by atoms with Crippen LogP contribution in [-0.4, -0.2) is 0 Å². The predicted octanol–water partition coefficient (Wildman–Crippen LogP) is 39.4. The Labute approximate surface area is 849 Å². The van der Waals surface area contributed by atoms with E-state index in [-0.39, 0.29) is 21.7 Å². The third-order valence-electron chi connectivity index (χ3n) is 32.0. The van der Waals surface area contributed by atoms with E-state index in [1.54, 1.807) is 0 Å². The fraction of sp³-hybridized carbons (Fsp3) is 0.0845. The summed E-state index contributed by atoms with van der Waals surface area (Å²) in [6, 6.07) is 186. The van der Waals surface area contributed by atoms with Gasteiger partial charge >= 0.3 is 0 Å². The topological polar surface area (TPSA) is 9.72 Å². The summed E-state index contributed by atoms with van der Waals surface area (Å²) in [6.45, 7) is 19.1. The molecular weight excluding hydrogens is 1750 g/mol. The Kier molecular flexibility index (Phi) is 21.0. The first-order valence-electron chi connectivity index (χ1n) is 50.9. The fourth-order valence-electron chi connectivity index (χ4n) is 23.9. The molecule has 4 aliphatic rings. The molecular formula is C142H107N3. The van der Waals surface area contributed by atoms with Crippen molar-refractivity contribution in [3.8, 4) is 89.0 Å². The molecule has 3 aliphatic heterocycles. The van der Waals surface area contributed by atoms with Gasteiger partial charge in [-0.3, -0.25) is 0 Å². The van der Waals surface area contributed by atoms with E-state index < -0.39 is 0 Å². The maximum absolute atomic E-state index is 2.52. The lowest BCUT2D eigenvalue weighted by molar-refractivity contribution is 0.632. The maximum Gasteiger partial charge on any atom is 0.0503 e. The van der Waals surface area contributed by atoms with Crippen LogP contribution in [0.1, 0.15) is 99.9 Å². The molecule has 3 nitrogen and oxygen atoms in total. The van der Waals surface area contributed by atoms with Crippen molar-refractivity contribution >= 4 is 127 Å². The van der Waals surface area contributed by atoms with Gasteiger partial charge < -0.3 is 14.7 Å². The summed E-state index contributed by atoms with van der Waals surface area (Å²) in [5, 5.41) is 17.7. The van der Waals surface area contributed by atoms with Crippen molar-refractivity contribution in [3.05, 3.63) is 548 Å². The summed E-state index contributed by atoms with van der Waals surface area (Å²) >= 11 is 0. The van der Waals surface area contributed by atoms with Crippen LogP contribution >= 0.6 is 0 Å². The minimum atomic E-state index is -0.243. The second-order valence-electron chi connectivity index (χ2n) is 42.0. The number of anilines is 9. The summed E-state index contributed by atoms with van der Waals surface area (Å²) in [5.41, 5.74) is 40.9. The number of fused-ring (bicyclic) bond motifs is 16. The van der Waals surface area contributed by atoms with E-state index in [4.69, 9.17) is 0 Å². The molecule has 3 heterocycles. The first-order valence-corrected chi connectivity index (χ1v) is 50.9. The zero-order chi connectivity index (χ0) is 97.6. The first kappa shape index (κ1) is 87.7. The molecule has 0 amide bonds. The van der Waals surface area contributed by atoms with Gasteiger partial charge in [0.25, 0.3) is 0 Å². The number of hydrogen-bond donors (Lipinski definition) is 0. The molecule has 145 heavy (non-hydrogen) atoms. The van der Waals surface area contributed by atoms with Crippen molar-refractivity contribution in [2.45, 2.75) is 77.0 Å². The van der Waals surface area contributed by atoms with Gasteiger partial charge in [0.05, 0.1) is 34.1 Å². The first-order chi connectivity index (χ1) is 70.8. The fourth-order valence-corrected chi connectivity index (χ4v) is 23.9. The summed E-state index contributed by atoms with van der Waals surface area (Å²) in [4.78, 5) is 7.44. The van der Waals surface area contributed by atoms with Crippen molar-refractivity contribution < 1.29 is 0 Å². The molecule has 0 aromatic heterocycles. The van der Waals surface area contributed by atoms with Crippen molar-refractivity contribution in [3.63, 3.8) is 0 Å². The molecule has 0 saturated carbocycles. The normalized spacial score (nSPS) is 14.0. The minimum Gasteiger partial charge on any atom is -0.310 e. The van der Waals surface area contributed by atoms with E-state index in [2.05, 4.69) is 574 Å². The van der Waals surface area contributed by atoms with E-state index in [1.165, 1.54) is 254 Å². The quantitative estimate of drug-likeness (QED) is 0.135. The molecule has 0 bridgehead atoms. The Hall–Kier alpha value is -17.5. The van der Waals surface area contributed by atoms with E-state index in [1.807, 2.05) is 0 Å². The molecule has 0 atom stereocenters. The largest absolute Gasteiger partial charge is 0.310 e. The van der Waals surface area contributed by atoms with Crippen LogP contribution in [0.5, 0.6) is 0 Å². The molecule has 24 aromatic carbocycles. The van der Waals surface area contributed by atoms with Crippen LogP contribution in [0.3, 0.4) is 0 Å². The lowest BCUT2D eigenvalue weighted by Crippen LogP contribution is -2.31. The van der Waals surface area contributed by atoms with Crippen LogP contribution in [-0.2, 0) is 21.7 Å². The van der Waals surface area contributed by atoms with Crippen molar-refractivity contribution in [2.75, 3.05) is 14.7 Å². The zero-order valence-corrected chi connectivity index (χ0v) is 82.8.